The summed E-state index contributed by atoms with van der Waals surface area (Å²) in [5, 5.41) is 3.21. The Morgan fingerprint density at radius 1 is 1.17 bits per heavy atom. The minimum Gasteiger partial charge on any atom is -0.377 e. The van der Waals surface area contributed by atoms with Gasteiger partial charge in [0.15, 0.2) is 0 Å². The average Bonchev–Trinajstić information content (AvgIpc) is 2.39. The Hall–Kier alpha value is -0.860. The summed E-state index contributed by atoms with van der Waals surface area (Å²) in [6.07, 6.45) is 3.69. The van der Waals surface area contributed by atoms with Gasteiger partial charge in [0.05, 0.1) is 6.61 Å². The largest absolute Gasteiger partial charge is 0.377 e. The summed E-state index contributed by atoms with van der Waals surface area (Å²) >= 11 is 0. The number of hydrogen-bond donors (Lipinski definition) is 1. The summed E-state index contributed by atoms with van der Waals surface area (Å²) in [6, 6.07) is 8.79. The molecule has 0 fully saturated rings. The second-order valence-electron chi connectivity index (χ2n) is 4.96. The zero-order chi connectivity index (χ0) is 13.2. The molecular formula is C16H27NO. The van der Waals surface area contributed by atoms with Crippen LogP contribution in [0.5, 0.6) is 0 Å². The molecule has 1 unspecified atom stereocenters. The lowest BCUT2D eigenvalue weighted by molar-refractivity contribution is 0.117. The number of likely N-dealkylation sites (N-methyl/N-ethyl adjacent to an activating group) is 1. The van der Waals surface area contributed by atoms with Crippen LogP contribution in [0.2, 0.25) is 0 Å². The van der Waals surface area contributed by atoms with Crippen molar-refractivity contribution in [3.8, 4) is 0 Å². The fourth-order valence-corrected chi connectivity index (χ4v) is 2.01. The van der Waals surface area contributed by atoms with E-state index in [9.17, 15) is 0 Å². The molecule has 1 rings (SSSR count). The van der Waals surface area contributed by atoms with E-state index in [1.54, 1.807) is 0 Å². The summed E-state index contributed by atoms with van der Waals surface area (Å²) in [5.41, 5.74) is 2.66. The number of benzene rings is 1. The molecule has 0 radical (unpaired) electrons. The van der Waals surface area contributed by atoms with Crippen molar-refractivity contribution in [2.24, 2.45) is 0 Å². The summed E-state index contributed by atoms with van der Waals surface area (Å²) < 4.78 is 5.66. The standard InChI is InChI=1S/C16H27NO/c1-4-5-6-11-18-13-15-7-9-16(10-8-15)14(2)12-17-3/h7-10,14,17H,4-6,11-13H2,1-3H3. The van der Waals surface area contributed by atoms with E-state index in [2.05, 4.69) is 43.4 Å². The Morgan fingerprint density at radius 2 is 1.89 bits per heavy atom. The van der Waals surface area contributed by atoms with Crippen molar-refractivity contribution < 1.29 is 4.74 Å². The summed E-state index contributed by atoms with van der Waals surface area (Å²) in [4.78, 5) is 0. The van der Waals surface area contributed by atoms with E-state index in [4.69, 9.17) is 4.74 Å². The Morgan fingerprint density at radius 3 is 2.50 bits per heavy atom. The normalized spacial score (nSPS) is 12.6. The predicted octanol–water partition coefficient (Wildman–Crippen LogP) is 3.72. The monoisotopic (exact) mass is 249 g/mol. The molecule has 0 aliphatic rings. The third-order valence-corrected chi connectivity index (χ3v) is 3.22. The second kappa shape index (κ2) is 9.12. The SMILES string of the molecule is CCCCCOCc1ccc(C(C)CNC)cc1. The van der Waals surface area contributed by atoms with Crippen LogP contribution < -0.4 is 5.32 Å². The number of ether oxygens (including phenoxy) is 1. The number of unbranched alkanes of at least 4 members (excludes halogenated alkanes) is 2. The molecule has 1 N–H and O–H groups in total. The van der Waals surface area contributed by atoms with Crippen LogP contribution in [-0.2, 0) is 11.3 Å². The molecule has 0 aliphatic carbocycles. The maximum Gasteiger partial charge on any atom is 0.0716 e. The molecule has 1 aromatic carbocycles. The van der Waals surface area contributed by atoms with Crippen LogP contribution in [0.4, 0.5) is 0 Å². The molecule has 0 heterocycles. The Kier molecular flexibility index (Phi) is 7.70. The molecule has 0 spiro atoms. The van der Waals surface area contributed by atoms with Crippen LogP contribution in [0.1, 0.15) is 50.2 Å². The maximum absolute atomic E-state index is 5.66. The van der Waals surface area contributed by atoms with Gasteiger partial charge in [0, 0.05) is 13.2 Å². The summed E-state index contributed by atoms with van der Waals surface area (Å²) in [5.74, 6) is 0.564. The molecule has 0 aliphatic heterocycles. The lowest BCUT2D eigenvalue weighted by Gasteiger charge is -2.12. The van der Waals surface area contributed by atoms with Gasteiger partial charge in [-0.15, -0.1) is 0 Å². The van der Waals surface area contributed by atoms with E-state index in [-0.39, 0.29) is 0 Å². The van der Waals surface area contributed by atoms with Gasteiger partial charge in [-0.2, -0.15) is 0 Å². The van der Waals surface area contributed by atoms with Crippen LogP contribution >= 0.6 is 0 Å². The second-order valence-corrected chi connectivity index (χ2v) is 4.96. The molecule has 0 bridgehead atoms. The van der Waals surface area contributed by atoms with Gasteiger partial charge in [0.25, 0.3) is 0 Å². The lowest BCUT2D eigenvalue weighted by Crippen LogP contribution is -2.14. The van der Waals surface area contributed by atoms with Crippen LogP contribution in [0, 0.1) is 0 Å². The summed E-state index contributed by atoms with van der Waals surface area (Å²) in [6.45, 7) is 7.10. The molecule has 1 aromatic rings. The first-order valence-electron chi connectivity index (χ1n) is 7.09. The maximum atomic E-state index is 5.66. The lowest BCUT2D eigenvalue weighted by atomic mass is 10.00. The number of hydrogen-bond acceptors (Lipinski definition) is 2. The van der Waals surface area contributed by atoms with Crippen LogP contribution in [-0.4, -0.2) is 20.2 Å². The average molecular weight is 249 g/mol. The van der Waals surface area contributed by atoms with E-state index in [1.807, 2.05) is 7.05 Å². The highest BCUT2D eigenvalue weighted by Gasteiger charge is 2.03. The molecule has 1 atom stereocenters. The fourth-order valence-electron chi connectivity index (χ4n) is 2.01. The van der Waals surface area contributed by atoms with Crippen molar-refractivity contribution in [3.05, 3.63) is 35.4 Å². The highest BCUT2D eigenvalue weighted by Crippen LogP contribution is 2.15. The zero-order valence-electron chi connectivity index (χ0n) is 12.0. The molecule has 102 valence electrons. The van der Waals surface area contributed by atoms with E-state index in [0.717, 1.165) is 19.8 Å². The zero-order valence-corrected chi connectivity index (χ0v) is 12.0. The molecule has 0 aromatic heterocycles. The van der Waals surface area contributed by atoms with Crippen molar-refractivity contribution in [3.63, 3.8) is 0 Å². The van der Waals surface area contributed by atoms with Crippen molar-refractivity contribution in [2.75, 3.05) is 20.2 Å². The van der Waals surface area contributed by atoms with E-state index < -0.39 is 0 Å². The van der Waals surface area contributed by atoms with Crippen molar-refractivity contribution in [2.45, 2.75) is 45.6 Å². The van der Waals surface area contributed by atoms with E-state index in [0.29, 0.717) is 5.92 Å². The molecule has 2 heteroatoms. The predicted molar refractivity (Wildman–Crippen MR) is 78.0 cm³/mol. The number of nitrogens with one attached hydrogen (secondary N) is 1. The van der Waals surface area contributed by atoms with E-state index in [1.165, 1.54) is 30.4 Å². The number of rotatable bonds is 9. The molecular weight excluding hydrogens is 222 g/mol. The van der Waals surface area contributed by atoms with Crippen molar-refractivity contribution in [1.82, 2.24) is 5.32 Å². The molecule has 2 nitrogen and oxygen atoms in total. The Bertz CT molecular complexity index is 307. The molecule has 0 saturated carbocycles. The minimum atomic E-state index is 0.564. The first-order valence-corrected chi connectivity index (χ1v) is 7.09. The van der Waals surface area contributed by atoms with Gasteiger partial charge >= 0.3 is 0 Å². The van der Waals surface area contributed by atoms with Gasteiger partial charge in [0.1, 0.15) is 0 Å². The van der Waals surface area contributed by atoms with Crippen LogP contribution in [0.3, 0.4) is 0 Å². The fraction of sp³-hybridized carbons (Fsp3) is 0.625. The third-order valence-electron chi connectivity index (χ3n) is 3.22. The van der Waals surface area contributed by atoms with Crippen LogP contribution in [0.15, 0.2) is 24.3 Å². The van der Waals surface area contributed by atoms with E-state index >= 15 is 0 Å². The highest BCUT2D eigenvalue weighted by atomic mass is 16.5. The van der Waals surface area contributed by atoms with Gasteiger partial charge in [-0.3, -0.25) is 0 Å². The summed E-state index contributed by atoms with van der Waals surface area (Å²) in [7, 11) is 2.00. The van der Waals surface area contributed by atoms with Gasteiger partial charge < -0.3 is 10.1 Å². The minimum absolute atomic E-state index is 0.564. The topological polar surface area (TPSA) is 21.3 Å². The molecule has 0 saturated heterocycles. The van der Waals surface area contributed by atoms with Gasteiger partial charge in [-0.05, 0) is 30.5 Å². The van der Waals surface area contributed by atoms with Crippen molar-refractivity contribution in [1.29, 1.82) is 0 Å². The van der Waals surface area contributed by atoms with Crippen molar-refractivity contribution >= 4 is 0 Å². The highest BCUT2D eigenvalue weighted by molar-refractivity contribution is 5.24. The Labute approximate surface area is 112 Å². The van der Waals surface area contributed by atoms with Gasteiger partial charge in [0.2, 0.25) is 0 Å². The van der Waals surface area contributed by atoms with Gasteiger partial charge in [-0.1, -0.05) is 51.0 Å². The molecule has 18 heavy (non-hydrogen) atoms. The van der Waals surface area contributed by atoms with Gasteiger partial charge in [-0.25, -0.2) is 0 Å². The third kappa shape index (κ3) is 5.65. The first-order chi connectivity index (χ1) is 8.77. The molecule has 0 amide bonds. The first kappa shape index (κ1) is 15.2. The Balaban J connectivity index is 2.31. The quantitative estimate of drug-likeness (QED) is 0.674. The smallest absolute Gasteiger partial charge is 0.0716 e. The van der Waals surface area contributed by atoms with Crippen LogP contribution in [0.25, 0.3) is 0 Å².